The minimum atomic E-state index is -0.691. The molecule has 2 aliphatic heterocycles. The van der Waals surface area contributed by atoms with Crippen molar-refractivity contribution in [1.82, 2.24) is 9.47 Å². The minimum absolute atomic E-state index is 0.0328. The molecule has 3 aromatic rings. The van der Waals surface area contributed by atoms with Gasteiger partial charge in [0.15, 0.2) is 4.80 Å². The quantitative estimate of drug-likeness (QED) is 0.276. The molecule has 2 aromatic carbocycles. The zero-order chi connectivity index (χ0) is 30.0. The van der Waals surface area contributed by atoms with Gasteiger partial charge in [-0.15, -0.1) is 0 Å². The van der Waals surface area contributed by atoms with Crippen LogP contribution in [0.5, 0.6) is 0 Å². The third-order valence-electron chi connectivity index (χ3n) is 7.94. The molecule has 1 aromatic heterocycles. The summed E-state index contributed by atoms with van der Waals surface area (Å²) in [6, 6.07) is 11.3. The minimum Gasteiger partial charge on any atom is -0.371 e. The summed E-state index contributed by atoms with van der Waals surface area (Å²) < 4.78 is 1.97. The number of carbonyl (C=O) groups is 1. The standard InChI is InChI=1S/C31H34ClN5O4S/c1-4-34(5-2)30(39)27-20(3)33-31-36(28(27)21-10-12-23(32)13-11-21)29(38)26(42-31)19-22-18-24(37(40)41)14-15-25(22)35-16-8-6-7-9-17-35/h10-15,18-19,28H,4-9,16-17H2,1-3H3/b26-19-/t28-/m0/s1. The number of carbonyl (C=O) groups excluding carboxylic acids is 1. The van der Waals surface area contributed by atoms with Crippen molar-refractivity contribution in [2.75, 3.05) is 31.1 Å². The van der Waals surface area contributed by atoms with Crippen molar-refractivity contribution in [3.63, 3.8) is 0 Å². The van der Waals surface area contributed by atoms with Gasteiger partial charge in [0.1, 0.15) is 0 Å². The van der Waals surface area contributed by atoms with Gasteiger partial charge >= 0.3 is 0 Å². The number of hydrogen-bond acceptors (Lipinski definition) is 7. The molecule has 3 heterocycles. The van der Waals surface area contributed by atoms with Gasteiger partial charge in [0.05, 0.1) is 26.8 Å². The summed E-state index contributed by atoms with van der Waals surface area (Å²) in [6.07, 6.45) is 6.12. The van der Waals surface area contributed by atoms with Gasteiger partial charge < -0.3 is 9.80 Å². The van der Waals surface area contributed by atoms with Crippen LogP contribution in [-0.2, 0) is 4.79 Å². The van der Waals surface area contributed by atoms with E-state index in [-0.39, 0.29) is 17.2 Å². The predicted molar refractivity (Wildman–Crippen MR) is 167 cm³/mol. The number of amides is 1. The van der Waals surface area contributed by atoms with Gasteiger partial charge in [-0.3, -0.25) is 24.3 Å². The van der Waals surface area contributed by atoms with Crippen LogP contribution in [0.2, 0.25) is 5.02 Å². The van der Waals surface area contributed by atoms with E-state index in [9.17, 15) is 19.7 Å². The van der Waals surface area contributed by atoms with Crippen LogP contribution in [0.1, 0.15) is 63.6 Å². The van der Waals surface area contributed by atoms with Crippen molar-refractivity contribution in [1.29, 1.82) is 0 Å². The summed E-state index contributed by atoms with van der Waals surface area (Å²) in [5.41, 5.74) is 2.91. The van der Waals surface area contributed by atoms with Gasteiger partial charge in [0.25, 0.3) is 17.2 Å². The highest BCUT2D eigenvalue weighted by atomic mass is 35.5. The van der Waals surface area contributed by atoms with E-state index in [4.69, 9.17) is 16.6 Å². The number of aromatic nitrogens is 1. The summed E-state index contributed by atoms with van der Waals surface area (Å²) in [4.78, 5) is 48.4. The van der Waals surface area contributed by atoms with Gasteiger partial charge in [-0.25, -0.2) is 4.99 Å². The van der Waals surface area contributed by atoms with Crippen LogP contribution < -0.4 is 19.8 Å². The highest BCUT2D eigenvalue weighted by Gasteiger charge is 2.34. The smallest absolute Gasteiger partial charge is 0.271 e. The van der Waals surface area contributed by atoms with E-state index in [2.05, 4.69) is 4.90 Å². The van der Waals surface area contributed by atoms with Crippen molar-refractivity contribution in [3.8, 4) is 0 Å². The number of rotatable bonds is 7. The van der Waals surface area contributed by atoms with Crippen LogP contribution in [0.15, 0.2) is 63.5 Å². The lowest BCUT2D eigenvalue weighted by Crippen LogP contribution is -2.43. The number of fused-ring (bicyclic) bond motifs is 1. The third-order valence-corrected chi connectivity index (χ3v) is 9.18. The summed E-state index contributed by atoms with van der Waals surface area (Å²) in [5.74, 6) is -0.169. The Kier molecular flexibility index (Phi) is 8.93. The molecule has 1 saturated heterocycles. The maximum absolute atomic E-state index is 14.2. The molecule has 5 rings (SSSR count). The molecule has 42 heavy (non-hydrogen) atoms. The van der Waals surface area contributed by atoms with Gasteiger partial charge in [0.2, 0.25) is 0 Å². The lowest BCUT2D eigenvalue weighted by molar-refractivity contribution is -0.384. The van der Waals surface area contributed by atoms with Crippen LogP contribution >= 0.6 is 22.9 Å². The fourth-order valence-electron chi connectivity index (χ4n) is 5.75. The maximum atomic E-state index is 14.2. The SMILES string of the molecule is CCN(CC)C(=O)C1=C(C)N=c2s/c(=C\c3cc([N+](=O)[O-])ccc3N3CCCCCC3)c(=O)n2[C@H]1c1ccc(Cl)cc1. The van der Waals surface area contributed by atoms with Gasteiger partial charge in [-0.1, -0.05) is 47.9 Å². The molecular formula is C31H34ClN5O4S. The third kappa shape index (κ3) is 5.78. The number of nitro benzene ring substituents is 1. The Morgan fingerprint density at radius 3 is 2.40 bits per heavy atom. The number of nitrogens with zero attached hydrogens (tertiary/aromatic N) is 5. The molecule has 1 fully saturated rings. The van der Waals surface area contributed by atoms with E-state index in [0.29, 0.717) is 44.3 Å². The van der Waals surface area contributed by atoms with Crippen molar-refractivity contribution in [2.45, 2.75) is 52.5 Å². The molecule has 0 aliphatic carbocycles. The number of non-ortho nitro benzene ring substituents is 1. The number of thiazole rings is 1. The molecular weight excluding hydrogens is 574 g/mol. The molecule has 11 heteroatoms. The van der Waals surface area contributed by atoms with Crippen LogP contribution in [0.4, 0.5) is 11.4 Å². The number of likely N-dealkylation sites (N-methyl/N-ethyl adjacent to an activating group) is 1. The molecule has 0 N–H and O–H groups in total. The Balaban J connectivity index is 1.71. The molecule has 0 saturated carbocycles. The largest absolute Gasteiger partial charge is 0.371 e. The summed E-state index contributed by atoms with van der Waals surface area (Å²) in [7, 11) is 0. The Morgan fingerprint density at radius 2 is 1.79 bits per heavy atom. The van der Waals surface area contributed by atoms with Gasteiger partial charge in [-0.05, 0) is 63.5 Å². The van der Waals surface area contributed by atoms with Crippen LogP contribution in [0.3, 0.4) is 0 Å². The fourth-order valence-corrected chi connectivity index (χ4v) is 6.91. The molecule has 9 nitrogen and oxygen atoms in total. The zero-order valence-corrected chi connectivity index (χ0v) is 25.6. The van der Waals surface area contributed by atoms with Crippen molar-refractivity contribution in [3.05, 3.63) is 99.7 Å². The van der Waals surface area contributed by atoms with E-state index in [1.165, 1.54) is 23.5 Å². The highest BCUT2D eigenvalue weighted by Crippen LogP contribution is 2.32. The van der Waals surface area contributed by atoms with E-state index >= 15 is 0 Å². The average molecular weight is 608 g/mol. The molecule has 1 atom stereocenters. The molecule has 1 amide bonds. The van der Waals surface area contributed by atoms with E-state index < -0.39 is 11.0 Å². The summed E-state index contributed by atoms with van der Waals surface area (Å²) >= 11 is 7.42. The maximum Gasteiger partial charge on any atom is 0.271 e. The lowest BCUT2D eigenvalue weighted by atomic mass is 9.94. The number of hydrogen-bond donors (Lipinski definition) is 0. The first kappa shape index (κ1) is 29.7. The topological polar surface area (TPSA) is 101 Å². The second-order valence-electron chi connectivity index (χ2n) is 10.5. The number of benzene rings is 2. The summed E-state index contributed by atoms with van der Waals surface area (Å²) in [6.45, 7) is 8.40. The van der Waals surface area contributed by atoms with Gasteiger partial charge in [-0.2, -0.15) is 0 Å². The van der Waals surface area contributed by atoms with Gasteiger partial charge in [0, 0.05) is 54.6 Å². The second-order valence-corrected chi connectivity index (χ2v) is 12.0. The molecule has 0 unspecified atom stereocenters. The highest BCUT2D eigenvalue weighted by molar-refractivity contribution is 7.07. The Bertz CT molecular complexity index is 1710. The predicted octanol–water partition coefficient (Wildman–Crippen LogP) is 5.05. The van der Waals surface area contributed by atoms with Crippen molar-refractivity contribution in [2.24, 2.45) is 4.99 Å². The number of anilines is 1. The van der Waals surface area contributed by atoms with Crippen LogP contribution in [0, 0.1) is 10.1 Å². The van der Waals surface area contributed by atoms with Crippen molar-refractivity contribution >= 4 is 46.3 Å². The zero-order valence-electron chi connectivity index (χ0n) is 24.0. The molecule has 0 radical (unpaired) electrons. The Labute approximate surface area is 253 Å². The molecule has 0 spiro atoms. The monoisotopic (exact) mass is 607 g/mol. The average Bonchev–Trinajstić information content (AvgIpc) is 3.13. The van der Waals surface area contributed by atoms with Crippen LogP contribution in [0.25, 0.3) is 6.08 Å². The molecule has 2 aliphatic rings. The number of halogens is 1. The first-order valence-corrected chi connectivity index (χ1v) is 15.5. The number of nitro groups is 1. The van der Waals surface area contributed by atoms with Crippen molar-refractivity contribution < 1.29 is 9.72 Å². The Morgan fingerprint density at radius 1 is 1.12 bits per heavy atom. The second kappa shape index (κ2) is 12.6. The lowest BCUT2D eigenvalue weighted by Gasteiger charge is -2.29. The normalized spacial score (nSPS) is 17.5. The van der Waals surface area contributed by atoms with E-state index in [1.54, 1.807) is 40.7 Å². The summed E-state index contributed by atoms with van der Waals surface area (Å²) in [5, 5.41) is 12.2. The van der Waals surface area contributed by atoms with Crippen LogP contribution in [-0.4, -0.2) is 46.5 Å². The number of allylic oxidation sites excluding steroid dienone is 1. The first-order valence-electron chi connectivity index (χ1n) is 14.3. The first-order chi connectivity index (χ1) is 20.2. The Hall–Kier alpha value is -3.76. The van der Waals surface area contributed by atoms with E-state index in [1.807, 2.05) is 26.0 Å². The molecule has 0 bridgehead atoms. The fraction of sp³-hybridized carbons (Fsp3) is 0.387. The van der Waals surface area contributed by atoms with E-state index in [0.717, 1.165) is 50.0 Å². The molecule has 220 valence electrons.